The molecule has 0 saturated heterocycles. The molecule has 0 aliphatic heterocycles. The van der Waals surface area contributed by atoms with Gasteiger partial charge in [-0.3, -0.25) is 5.41 Å². The first-order valence-corrected chi connectivity index (χ1v) is 2.85. The highest BCUT2D eigenvalue weighted by Gasteiger charge is 2.15. The van der Waals surface area contributed by atoms with Gasteiger partial charge in [-0.05, 0) is 0 Å². The van der Waals surface area contributed by atoms with Crippen LogP contribution in [0.4, 0.5) is 0 Å². The summed E-state index contributed by atoms with van der Waals surface area (Å²) in [6.45, 7) is 0. The third-order valence-electron chi connectivity index (χ3n) is 0.804. The molecule has 0 rings (SSSR count). The quantitative estimate of drug-likeness (QED) is 0.199. The summed E-state index contributed by atoms with van der Waals surface area (Å²) < 4.78 is 0. The number of carboxylic acid groups (broad SMARTS) is 1. The highest BCUT2D eigenvalue weighted by atomic mass is 16.4. The van der Waals surface area contributed by atoms with Crippen LogP contribution in [0.5, 0.6) is 0 Å². The number of guanidine groups is 2. The SMILES string of the molecule is N=C(N)NC(N=C(N)N)C(=O)O. The molecule has 68 valence electrons. The highest BCUT2D eigenvalue weighted by molar-refractivity contribution is 5.85. The smallest absolute Gasteiger partial charge is 0.349 e. The first-order valence-electron chi connectivity index (χ1n) is 2.85. The van der Waals surface area contributed by atoms with Crippen LogP contribution in [0.1, 0.15) is 0 Å². The van der Waals surface area contributed by atoms with Crippen molar-refractivity contribution in [1.82, 2.24) is 5.32 Å². The molecule has 0 aromatic heterocycles. The number of carbonyl (C=O) groups is 1. The first kappa shape index (κ1) is 10.0. The predicted molar refractivity (Wildman–Crippen MR) is 42.3 cm³/mol. The topological polar surface area (TPSA) is 164 Å². The van der Waals surface area contributed by atoms with Crippen molar-refractivity contribution < 1.29 is 9.90 Å². The zero-order valence-electron chi connectivity index (χ0n) is 6.11. The van der Waals surface area contributed by atoms with E-state index in [1.165, 1.54) is 0 Å². The van der Waals surface area contributed by atoms with E-state index in [1.807, 2.05) is 5.32 Å². The number of carboxylic acids is 1. The molecule has 0 amide bonds. The normalized spacial score (nSPS) is 11.3. The molecule has 0 radical (unpaired) electrons. The monoisotopic (exact) mass is 174 g/mol. The molecule has 0 aliphatic carbocycles. The molecule has 8 nitrogen and oxygen atoms in total. The Kier molecular flexibility index (Phi) is 3.34. The van der Waals surface area contributed by atoms with Crippen LogP contribution in [0, 0.1) is 5.41 Å². The summed E-state index contributed by atoms with van der Waals surface area (Å²) in [4.78, 5) is 13.6. The maximum Gasteiger partial charge on any atom is 0.349 e. The third-order valence-corrected chi connectivity index (χ3v) is 0.804. The molecule has 0 saturated carbocycles. The van der Waals surface area contributed by atoms with Gasteiger partial charge >= 0.3 is 5.97 Å². The van der Waals surface area contributed by atoms with Gasteiger partial charge in [-0.1, -0.05) is 0 Å². The maximum atomic E-state index is 10.3. The van der Waals surface area contributed by atoms with E-state index < -0.39 is 24.1 Å². The second-order valence-electron chi connectivity index (χ2n) is 1.85. The van der Waals surface area contributed by atoms with E-state index in [0.717, 1.165) is 0 Å². The van der Waals surface area contributed by atoms with Crippen molar-refractivity contribution >= 4 is 17.9 Å². The van der Waals surface area contributed by atoms with Crippen LogP contribution in [-0.4, -0.2) is 29.2 Å². The molecule has 0 heterocycles. The molecule has 0 spiro atoms. The van der Waals surface area contributed by atoms with E-state index in [1.54, 1.807) is 0 Å². The van der Waals surface area contributed by atoms with Crippen LogP contribution < -0.4 is 22.5 Å². The van der Waals surface area contributed by atoms with E-state index in [2.05, 4.69) is 4.99 Å². The third kappa shape index (κ3) is 3.93. The fourth-order valence-corrected chi connectivity index (χ4v) is 0.446. The van der Waals surface area contributed by atoms with Crippen LogP contribution in [-0.2, 0) is 4.79 Å². The summed E-state index contributed by atoms with van der Waals surface area (Å²) in [6, 6.07) is 0. The molecule has 1 atom stereocenters. The molecule has 9 N–H and O–H groups in total. The summed E-state index contributed by atoms with van der Waals surface area (Å²) in [5, 5.41) is 17.2. The maximum absolute atomic E-state index is 10.3. The standard InChI is InChI=1S/C4H10N6O2/c5-3(6)9-1(2(11)12)10-4(7)8/h1H,(H,11,12)(H4,5,6,9)(H4,7,8,10). The van der Waals surface area contributed by atoms with Crippen molar-refractivity contribution in [3.05, 3.63) is 0 Å². The van der Waals surface area contributed by atoms with Crippen molar-refractivity contribution in [3.63, 3.8) is 0 Å². The van der Waals surface area contributed by atoms with Gasteiger partial charge in [-0.2, -0.15) is 0 Å². The zero-order valence-corrected chi connectivity index (χ0v) is 6.11. The Hall–Kier alpha value is -1.99. The van der Waals surface area contributed by atoms with Crippen molar-refractivity contribution in [2.24, 2.45) is 22.2 Å². The molecule has 12 heavy (non-hydrogen) atoms. The number of aliphatic carboxylic acids is 1. The fraction of sp³-hybridized carbons (Fsp3) is 0.250. The second-order valence-corrected chi connectivity index (χ2v) is 1.85. The van der Waals surface area contributed by atoms with Gasteiger partial charge in [0.25, 0.3) is 0 Å². The average molecular weight is 174 g/mol. The summed E-state index contributed by atoms with van der Waals surface area (Å²) in [5.41, 5.74) is 14.7. The van der Waals surface area contributed by atoms with Gasteiger partial charge in [0.15, 0.2) is 11.9 Å². The van der Waals surface area contributed by atoms with Gasteiger partial charge in [-0.25, -0.2) is 9.79 Å². The molecule has 0 bridgehead atoms. The number of hydrogen-bond donors (Lipinski definition) is 6. The lowest BCUT2D eigenvalue weighted by Crippen LogP contribution is -2.44. The minimum atomic E-state index is -1.41. The number of nitrogens with one attached hydrogen (secondary N) is 2. The van der Waals surface area contributed by atoms with Crippen molar-refractivity contribution in [1.29, 1.82) is 5.41 Å². The van der Waals surface area contributed by atoms with Crippen LogP contribution in [0.3, 0.4) is 0 Å². The summed E-state index contributed by atoms with van der Waals surface area (Å²) in [7, 11) is 0. The molecule has 8 heteroatoms. The highest BCUT2D eigenvalue weighted by Crippen LogP contribution is 1.84. The van der Waals surface area contributed by atoms with Gasteiger partial charge < -0.3 is 27.6 Å². The Balaban J connectivity index is 4.35. The molecule has 0 aromatic carbocycles. The van der Waals surface area contributed by atoms with Crippen LogP contribution in [0.15, 0.2) is 4.99 Å². The lowest BCUT2D eigenvalue weighted by molar-refractivity contribution is -0.138. The second kappa shape index (κ2) is 4.01. The Morgan fingerprint density at radius 3 is 2.25 bits per heavy atom. The molecule has 0 aliphatic rings. The fourth-order valence-electron chi connectivity index (χ4n) is 0.446. The summed E-state index contributed by atoms with van der Waals surface area (Å²) >= 11 is 0. The Morgan fingerprint density at radius 2 is 2.00 bits per heavy atom. The molecule has 1 unspecified atom stereocenters. The van der Waals surface area contributed by atoms with Gasteiger partial charge in [0.1, 0.15) is 0 Å². The van der Waals surface area contributed by atoms with Gasteiger partial charge in [0.2, 0.25) is 6.17 Å². The average Bonchev–Trinajstić information content (AvgIpc) is 1.83. The summed E-state index contributed by atoms with van der Waals surface area (Å²) in [5.74, 6) is -2.23. The summed E-state index contributed by atoms with van der Waals surface area (Å²) in [6.07, 6.45) is -1.41. The van der Waals surface area contributed by atoms with Crippen LogP contribution in [0.2, 0.25) is 0 Å². The van der Waals surface area contributed by atoms with Crippen molar-refractivity contribution in [3.8, 4) is 0 Å². The molecular weight excluding hydrogens is 164 g/mol. The van der Waals surface area contributed by atoms with E-state index in [9.17, 15) is 4.79 Å². The zero-order chi connectivity index (χ0) is 9.72. The first-order chi connectivity index (χ1) is 5.43. The van der Waals surface area contributed by atoms with Crippen LogP contribution >= 0.6 is 0 Å². The van der Waals surface area contributed by atoms with Gasteiger partial charge in [0.05, 0.1) is 0 Å². The van der Waals surface area contributed by atoms with E-state index >= 15 is 0 Å². The Morgan fingerprint density at radius 1 is 1.50 bits per heavy atom. The van der Waals surface area contributed by atoms with Gasteiger partial charge in [0, 0.05) is 0 Å². The van der Waals surface area contributed by atoms with Gasteiger partial charge in [-0.15, -0.1) is 0 Å². The number of nitrogens with two attached hydrogens (primary N) is 3. The lowest BCUT2D eigenvalue weighted by atomic mass is 10.5. The predicted octanol–water partition coefficient (Wildman–Crippen LogP) is -2.85. The largest absolute Gasteiger partial charge is 0.478 e. The Labute approximate surface area is 67.9 Å². The number of hydrogen-bond acceptors (Lipinski definition) is 3. The Bertz CT molecular complexity index is 220. The molecule has 0 aromatic rings. The molecule has 0 fully saturated rings. The lowest BCUT2D eigenvalue weighted by Gasteiger charge is -2.08. The van der Waals surface area contributed by atoms with E-state index in [0.29, 0.717) is 0 Å². The van der Waals surface area contributed by atoms with Crippen molar-refractivity contribution in [2.75, 3.05) is 0 Å². The minimum absolute atomic E-state index is 0.392. The van der Waals surface area contributed by atoms with E-state index in [4.69, 9.17) is 27.7 Å². The molecular formula is C4H10N6O2. The van der Waals surface area contributed by atoms with Crippen LogP contribution in [0.25, 0.3) is 0 Å². The van der Waals surface area contributed by atoms with E-state index in [-0.39, 0.29) is 0 Å². The number of nitrogens with zero attached hydrogens (tertiary/aromatic N) is 1. The number of rotatable bonds is 3. The number of aliphatic imine (C=N–C) groups is 1. The van der Waals surface area contributed by atoms with Crippen molar-refractivity contribution in [2.45, 2.75) is 6.17 Å². The minimum Gasteiger partial charge on any atom is -0.478 e.